The Balaban J connectivity index is 2.04. The maximum Gasteiger partial charge on any atom is 0.121 e. The molecule has 2 atom stereocenters. The molecule has 2 saturated heterocycles. The molecular weight excluding hydrogens is 184 g/mol. The first kappa shape index (κ1) is 7.40. The van der Waals surface area contributed by atoms with Gasteiger partial charge in [0.2, 0.25) is 0 Å². The first-order chi connectivity index (χ1) is 4.86. The molecule has 2 heterocycles. The summed E-state index contributed by atoms with van der Waals surface area (Å²) in [5.41, 5.74) is 0.381. The third-order valence-electron chi connectivity index (χ3n) is 1.68. The van der Waals surface area contributed by atoms with E-state index in [2.05, 4.69) is 0 Å². The summed E-state index contributed by atoms with van der Waals surface area (Å²) in [6, 6.07) is 0. The van der Waals surface area contributed by atoms with Crippen LogP contribution in [-0.4, -0.2) is 20.8 Å². The molecule has 0 radical (unpaired) electrons. The van der Waals surface area contributed by atoms with Crippen molar-refractivity contribution >= 4 is 39.3 Å². The zero-order valence-electron chi connectivity index (χ0n) is 5.41. The van der Waals surface area contributed by atoms with Gasteiger partial charge in [-0.3, -0.25) is 0 Å². The second-order valence-corrected chi connectivity index (χ2v) is 5.95. The van der Waals surface area contributed by atoms with Gasteiger partial charge in [-0.05, 0) is 12.8 Å². The zero-order valence-corrected chi connectivity index (χ0v) is 7.86. The van der Waals surface area contributed by atoms with Gasteiger partial charge in [0.15, 0.2) is 0 Å². The molecule has 0 aliphatic carbocycles. The minimum atomic E-state index is 0.381. The fourth-order valence-corrected chi connectivity index (χ4v) is 4.43. The second-order valence-electron chi connectivity index (χ2n) is 2.41. The van der Waals surface area contributed by atoms with Crippen molar-refractivity contribution in [1.82, 2.24) is 0 Å². The van der Waals surface area contributed by atoms with Gasteiger partial charge < -0.3 is 4.74 Å². The van der Waals surface area contributed by atoms with E-state index < -0.39 is 0 Å². The van der Waals surface area contributed by atoms with Gasteiger partial charge in [0, 0.05) is 11.9 Å². The first-order valence-corrected chi connectivity index (χ1v) is 5.52. The molecule has 0 aromatic carbocycles. The molecule has 0 aromatic heterocycles. The van der Waals surface area contributed by atoms with E-state index in [1.807, 2.05) is 11.8 Å². The molecule has 0 saturated carbocycles. The smallest absolute Gasteiger partial charge is 0.121 e. The van der Waals surface area contributed by atoms with E-state index >= 15 is 0 Å². The average molecular weight is 192 g/mol. The van der Waals surface area contributed by atoms with Crippen LogP contribution in [0.3, 0.4) is 0 Å². The van der Waals surface area contributed by atoms with Gasteiger partial charge in [0.25, 0.3) is 0 Å². The lowest BCUT2D eigenvalue weighted by atomic mass is 10.2. The van der Waals surface area contributed by atoms with E-state index in [0.717, 1.165) is 10.1 Å². The number of fused-ring (bicyclic) bond motifs is 1. The van der Waals surface area contributed by atoms with Crippen molar-refractivity contribution in [3.63, 3.8) is 0 Å². The van der Waals surface area contributed by atoms with Crippen molar-refractivity contribution in [3.8, 4) is 0 Å². The normalized spacial score (nSPS) is 39.8. The van der Waals surface area contributed by atoms with Gasteiger partial charge in [0.05, 0.1) is 0 Å². The van der Waals surface area contributed by atoms with Crippen molar-refractivity contribution in [3.05, 3.63) is 0 Å². The maximum atomic E-state index is 5.53. The Labute approximate surface area is 74.3 Å². The summed E-state index contributed by atoms with van der Waals surface area (Å²) in [7, 11) is 0. The van der Waals surface area contributed by atoms with E-state index in [4.69, 9.17) is 17.0 Å². The van der Waals surface area contributed by atoms with Gasteiger partial charge in [-0.15, -0.1) is 11.8 Å². The monoisotopic (exact) mass is 192 g/mol. The van der Waals surface area contributed by atoms with Crippen LogP contribution in [-0.2, 0) is 4.74 Å². The molecule has 10 heavy (non-hydrogen) atoms. The highest BCUT2D eigenvalue weighted by Crippen LogP contribution is 2.44. The van der Waals surface area contributed by atoms with Crippen LogP contribution in [0.1, 0.15) is 12.8 Å². The van der Waals surface area contributed by atoms with Crippen molar-refractivity contribution in [1.29, 1.82) is 0 Å². The van der Waals surface area contributed by atoms with Gasteiger partial charge in [-0.1, -0.05) is 24.0 Å². The number of ether oxygens (including phenoxy) is 1. The molecule has 0 unspecified atom stereocenters. The molecule has 0 bridgehead atoms. The van der Waals surface area contributed by atoms with Crippen LogP contribution >= 0.6 is 35.7 Å². The van der Waals surface area contributed by atoms with E-state index in [1.165, 1.54) is 12.8 Å². The van der Waals surface area contributed by atoms with Crippen LogP contribution in [0.5, 0.6) is 0 Å². The lowest BCUT2D eigenvalue weighted by Gasteiger charge is -2.22. The zero-order chi connectivity index (χ0) is 6.97. The Morgan fingerprint density at radius 2 is 2.40 bits per heavy atom. The molecule has 0 aromatic rings. The molecule has 0 N–H and O–H groups in total. The highest BCUT2D eigenvalue weighted by molar-refractivity contribution is 8.49. The fraction of sp³-hybridized carbons (Fsp3) is 0.833. The molecule has 2 aliphatic rings. The Kier molecular flexibility index (Phi) is 2.23. The summed E-state index contributed by atoms with van der Waals surface area (Å²) in [6.45, 7) is 0.928. The van der Waals surface area contributed by atoms with Gasteiger partial charge in [0.1, 0.15) is 8.96 Å². The molecule has 2 rings (SSSR count). The minimum Gasteiger partial charge on any atom is -0.366 e. The third kappa shape index (κ3) is 1.35. The van der Waals surface area contributed by atoms with Crippen LogP contribution in [0.25, 0.3) is 0 Å². The number of hydrogen-bond acceptors (Lipinski definition) is 4. The molecule has 2 aliphatic heterocycles. The lowest BCUT2D eigenvalue weighted by molar-refractivity contribution is 0.0793. The topological polar surface area (TPSA) is 9.23 Å². The molecule has 0 spiro atoms. The number of thiocarbonyl (C=S) groups is 1. The largest absolute Gasteiger partial charge is 0.366 e. The van der Waals surface area contributed by atoms with Crippen LogP contribution in [0.4, 0.5) is 0 Å². The molecule has 56 valence electrons. The van der Waals surface area contributed by atoms with Crippen LogP contribution in [0.2, 0.25) is 0 Å². The van der Waals surface area contributed by atoms with Crippen molar-refractivity contribution in [2.24, 2.45) is 0 Å². The summed E-state index contributed by atoms with van der Waals surface area (Å²) in [4.78, 5) is 0. The Hall–Kier alpha value is 0.750. The predicted octanol–water partition coefficient (Wildman–Crippen LogP) is 2.26. The van der Waals surface area contributed by atoms with Crippen LogP contribution in [0.15, 0.2) is 0 Å². The molecule has 0 amide bonds. The first-order valence-electron chi connectivity index (χ1n) is 3.35. The Morgan fingerprint density at radius 1 is 1.50 bits per heavy atom. The van der Waals surface area contributed by atoms with Crippen molar-refractivity contribution in [2.75, 3.05) is 6.61 Å². The van der Waals surface area contributed by atoms with Gasteiger partial charge in [-0.2, -0.15) is 0 Å². The van der Waals surface area contributed by atoms with Crippen molar-refractivity contribution < 1.29 is 4.74 Å². The molecule has 4 heteroatoms. The molecule has 1 nitrogen and oxygen atoms in total. The SMILES string of the molecule is S=C1S[C@H]2OCCC[C@H]2S1. The highest BCUT2D eigenvalue weighted by Gasteiger charge is 2.35. The maximum absolute atomic E-state index is 5.53. The van der Waals surface area contributed by atoms with E-state index in [0.29, 0.717) is 10.7 Å². The molecule has 2 fully saturated rings. The fourth-order valence-electron chi connectivity index (χ4n) is 1.20. The van der Waals surface area contributed by atoms with Gasteiger partial charge >= 0.3 is 0 Å². The number of rotatable bonds is 0. The number of hydrogen-bond donors (Lipinski definition) is 0. The van der Waals surface area contributed by atoms with Crippen molar-refractivity contribution in [2.45, 2.75) is 23.5 Å². The Morgan fingerprint density at radius 3 is 3.20 bits per heavy atom. The Bertz CT molecular complexity index is 143. The molecular formula is C6H8OS3. The minimum absolute atomic E-state index is 0.381. The standard InChI is InChI=1S/C6H8OS3/c8-6-9-4-2-1-3-7-5(4)10-6/h4-5H,1-3H2/t4-,5-/m1/s1. The van der Waals surface area contributed by atoms with E-state index in [1.54, 1.807) is 11.8 Å². The summed E-state index contributed by atoms with van der Waals surface area (Å²) in [5, 5.41) is 0.659. The third-order valence-corrected chi connectivity index (χ3v) is 4.87. The quantitative estimate of drug-likeness (QED) is 0.544. The van der Waals surface area contributed by atoms with Crippen LogP contribution < -0.4 is 0 Å². The summed E-state index contributed by atoms with van der Waals surface area (Å²) in [5.74, 6) is 0. The summed E-state index contributed by atoms with van der Waals surface area (Å²) in [6.07, 6.45) is 2.49. The summed E-state index contributed by atoms with van der Waals surface area (Å²) >= 11 is 8.62. The van der Waals surface area contributed by atoms with E-state index in [-0.39, 0.29) is 0 Å². The highest BCUT2D eigenvalue weighted by atomic mass is 32.2. The lowest BCUT2D eigenvalue weighted by Crippen LogP contribution is -2.24. The second kappa shape index (κ2) is 3.01. The number of thioether (sulfide) groups is 2. The average Bonchev–Trinajstić information content (AvgIpc) is 2.27. The van der Waals surface area contributed by atoms with E-state index in [9.17, 15) is 0 Å². The summed E-state index contributed by atoms with van der Waals surface area (Å²) < 4.78 is 6.59. The van der Waals surface area contributed by atoms with Gasteiger partial charge in [-0.25, -0.2) is 0 Å². The predicted molar refractivity (Wildman–Crippen MR) is 50.5 cm³/mol. The van der Waals surface area contributed by atoms with Crippen LogP contribution in [0, 0.1) is 0 Å².